The highest BCUT2D eigenvalue weighted by molar-refractivity contribution is 7.12. The monoisotopic (exact) mass is 359 g/mol. The third-order valence-corrected chi connectivity index (χ3v) is 4.23. The van der Waals surface area contributed by atoms with Gasteiger partial charge in [-0.3, -0.25) is 14.4 Å². The summed E-state index contributed by atoms with van der Waals surface area (Å²) in [5.74, 6) is -0.413. The van der Waals surface area contributed by atoms with Crippen molar-refractivity contribution in [2.75, 3.05) is 19.6 Å². The van der Waals surface area contributed by atoms with Crippen LogP contribution < -0.4 is 16.0 Å². The van der Waals surface area contributed by atoms with Crippen LogP contribution in [0.1, 0.15) is 21.7 Å². The molecule has 0 spiro atoms. The van der Waals surface area contributed by atoms with Crippen LogP contribution in [0.3, 0.4) is 0 Å². The van der Waals surface area contributed by atoms with E-state index in [1.165, 1.54) is 11.3 Å². The number of benzene rings is 1. The Kier molecular flexibility index (Phi) is 7.65. The molecule has 0 saturated heterocycles. The highest BCUT2D eigenvalue weighted by atomic mass is 32.1. The van der Waals surface area contributed by atoms with E-state index >= 15 is 0 Å². The number of hydrogen-bond acceptors (Lipinski definition) is 4. The zero-order valence-corrected chi connectivity index (χ0v) is 14.6. The maximum absolute atomic E-state index is 11.7. The van der Waals surface area contributed by atoms with Gasteiger partial charge < -0.3 is 16.0 Å². The summed E-state index contributed by atoms with van der Waals surface area (Å²) < 4.78 is 0. The predicted octanol–water partition coefficient (Wildman–Crippen LogP) is 1.34. The van der Waals surface area contributed by atoms with Crippen LogP contribution >= 0.6 is 11.3 Å². The molecule has 6 nitrogen and oxygen atoms in total. The lowest BCUT2D eigenvalue weighted by molar-refractivity contribution is -0.122. The molecule has 0 unspecified atom stereocenters. The first-order valence-electron chi connectivity index (χ1n) is 8.04. The average Bonchev–Trinajstić information content (AvgIpc) is 3.14. The minimum atomic E-state index is -0.170. The van der Waals surface area contributed by atoms with Crippen LogP contribution in [0.2, 0.25) is 0 Å². The van der Waals surface area contributed by atoms with E-state index in [9.17, 15) is 14.4 Å². The van der Waals surface area contributed by atoms with Crippen molar-refractivity contribution >= 4 is 29.1 Å². The van der Waals surface area contributed by atoms with E-state index in [1.807, 2.05) is 35.7 Å². The van der Waals surface area contributed by atoms with Crippen LogP contribution in [-0.4, -0.2) is 37.4 Å². The number of hydrogen-bond donors (Lipinski definition) is 3. The summed E-state index contributed by atoms with van der Waals surface area (Å²) in [6.07, 6.45) is 0.526. The van der Waals surface area contributed by atoms with Crippen molar-refractivity contribution in [3.05, 3.63) is 58.3 Å². The number of carbonyl (C=O) groups is 3. The molecule has 0 bridgehead atoms. The molecule has 0 aliphatic rings. The Morgan fingerprint density at radius 3 is 2.20 bits per heavy atom. The highest BCUT2D eigenvalue weighted by Crippen LogP contribution is 2.07. The van der Waals surface area contributed by atoms with Crippen LogP contribution in [-0.2, 0) is 16.0 Å². The van der Waals surface area contributed by atoms with Gasteiger partial charge in [-0.1, -0.05) is 36.4 Å². The molecule has 2 rings (SSSR count). The van der Waals surface area contributed by atoms with Gasteiger partial charge in [-0.25, -0.2) is 0 Å². The van der Waals surface area contributed by atoms with Gasteiger partial charge in [-0.05, 0) is 17.0 Å². The molecule has 0 fully saturated rings. The van der Waals surface area contributed by atoms with E-state index in [0.29, 0.717) is 24.4 Å². The van der Waals surface area contributed by atoms with Crippen molar-refractivity contribution in [1.82, 2.24) is 16.0 Å². The van der Waals surface area contributed by atoms with E-state index < -0.39 is 0 Å². The highest BCUT2D eigenvalue weighted by Gasteiger charge is 2.07. The summed E-state index contributed by atoms with van der Waals surface area (Å²) in [5.41, 5.74) is 0.950. The van der Waals surface area contributed by atoms with Crippen LogP contribution in [0, 0.1) is 0 Å². The molecule has 1 aromatic carbocycles. The lowest BCUT2D eigenvalue weighted by Crippen LogP contribution is -2.36. The van der Waals surface area contributed by atoms with Gasteiger partial charge in [0.1, 0.15) is 0 Å². The first kappa shape index (κ1) is 18.7. The average molecular weight is 359 g/mol. The largest absolute Gasteiger partial charge is 0.354 e. The predicted molar refractivity (Wildman–Crippen MR) is 97.4 cm³/mol. The van der Waals surface area contributed by atoms with Gasteiger partial charge in [-0.15, -0.1) is 11.3 Å². The third-order valence-electron chi connectivity index (χ3n) is 3.36. The lowest BCUT2D eigenvalue weighted by atomic mass is 10.1. The fourth-order valence-corrected chi connectivity index (χ4v) is 2.76. The van der Waals surface area contributed by atoms with E-state index in [2.05, 4.69) is 16.0 Å². The molecule has 0 atom stereocenters. The quantitative estimate of drug-likeness (QED) is 0.591. The van der Waals surface area contributed by atoms with Gasteiger partial charge in [0, 0.05) is 26.1 Å². The maximum Gasteiger partial charge on any atom is 0.261 e. The molecule has 0 aliphatic heterocycles. The summed E-state index contributed by atoms with van der Waals surface area (Å²) in [5, 5.41) is 9.99. The van der Waals surface area contributed by atoms with Crippen molar-refractivity contribution in [2.45, 2.75) is 12.8 Å². The molecule has 3 N–H and O–H groups in total. The van der Waals surface area contributed by atoms with Crippen LogP contribution in [0.4, 0.5) is 0 Å². The standard InChI is InChI=1S/C18H21N3O3S/c22-16(8-9-21-18(24)15-7-4-12-25-15)19-10-11-20-17(23)13-14-5-2-1-3-6-14/h1-7,12H,8-11,13H2,(H,19,22)(H,20,23)(H,21,24). The second-order valence-corrected chi connectivity index (χ2v) is 6.29. The molecule has 1 heterocycles. The number of nitrogens with one attached hydrogen (secondary N) is 3. The second kappa shape index (κ2) is 10.2. The van der Waals surface area contributed by atoms with Crippen molar-refractivity contribution in [1.29, 1.82) is 0 Å². The molecule has 0 radical (unpaired) electrons. The molecule has 0 aliphatic carbocycles. The van der Waals surface area contributed by atoms with Gasteiger partial charge in [-0.2, -0.15) is 0 Å². The molecule has 2 aromatic rings. The minimum Gasteiger partial charge on any atom is -0.354 e. The van der Waals surface area contributed by atoms with Gasteiger partial charge in [0.15, 0.2) is 0 Å². The lowest BCUT2D eigenvalue weighted by Gasteiger charge is -2.08. The summed E-state index contributed by atoms with van der Waals surface area (Å²) in [7, 11) is 0. The molecule has 132 valence electrons. The summed E-state index contributed by atoms with van der Waals surface area (Å²) in [4.78, 5) is 35.7. The second-order valence-electron chi connectivity index (χ2n) is 5.35. The van der Waals surface area contributed by atoms with Crippen LogP contribution in [0.15, 0.2) is 47.8 Å². The Morgan fingerprint density at radius 1 is 0.800 bits per heavy atom. The topological polar surface area (TPSA) is 87.3 Å². The Balaban J connectivity index is 1.52. The maximum atomic E-state index is 11.7. The molecule has 25 heavy (non-hydrogen) atoms. The number of carbonyl (C=O) groups excluding carboxylic acids is 3. The Bertz CT molecular complexity index is 687. The van der Waals surface area contributed by atoms with Crippen molar-refractivity contribution in [3.8, 4) is 0 Å². The number of thiophene rings is 1. The summed E-state index contributed by atoms with van der Waals surface area (Å²) in [6.45, 7) is 1.01. The van der Waals surface area contributed by atoms with E-state index in [-0.39, 0.29) is 30.7 Å². The first-order chi connectivity index (χ1) is 12.1. The van der Waals surface area contributed by atoms with Crippen molar-refractivity contribution < 1.29 is 14.4 Å². The Morgan fingerprint density at radius 2 is 1.52 bits per heavy atom. The van der Waals surface area contributed by atoms with Crippen LogP contribution in [0.5, 0.6) is 0 Å². The van der Waals surface area contributed by atoms with Crippen molar-refractivity contribution in [2.24, 2.45) is 0 Å². The fraction of sp³-hybridized carbons (Fsp3) is 0.278. The normalized spacial score (nSPS) is 10.1. The fourth-order valence-electron chi connectivity index (χ4n) is 2.12. The first-order valence-corrected chi connectivity index (χ1v) is 8.92. The van der Waals surface area contributed by atoms with E-state index in [4.69, 9.17) is 0 Å². The molecule has 7 heteroatoms. The van der Waals surface area contributed by atoms with E-state index in [1.54, 1.807) is 12.1 Å². The summed E-state index contributed by atoms with van der Waals surface area (Å²) in [6, 6.07) is 13.0. The molecular formula is C18H21N3O3S. The zero-order valence-electron chi connectivity index (χ0n) is 13.8. The van der Waals surface area contributed by atoms with Gasteiger partial charge in [0.2, 0.25) is 11.8 Å². The smallest absolute Gasteiger partial charge is 0.261 e. The number of amides is 3. The van der Waals surface area contributed by atoms with E-state index in [0.717, 1.165) is 5.56 Å². The summed E-state index contributed by atoms with van der Waals surface area (Å²) >= 11 is 1.36. The van der Waals surface area contributed by atoms with Crippen molar-refractivity contribution in [3.63, 3.8) is 0 Å². The SMILES string of the molecule is O=C(CCNC(=O)c1cccs1)NCCNC(=O)Cc1ccccc1. The Labute approximate surface area is 150 Å². The van der Waals surface area contributed by atoms with Gasteiger partial charge in [0.25, 0.3) is 5.91 Å². The number of rotatable bonds is 9. The molecule has 1 aromatic heterocycles. The zero-order chi connectivity index (χ0) is 17.9. The Hall–Kier alpha value is -2.67. The van der Waals surface area contributed by atoms with Gasteiger partial charge in [0.05, 0.1) is 11.3 Å². The third kappa shape index (κ3) is 7.17. The minimum absolute atomic E-state index is 0.0799. The van der Waals surface area contributed by atoms with Gasteiger partial charge >= 0.3 is 0 Å². The molecule has 3 amide bonds. The molecular weight excluding hydrogens is 338 g/mol. The van der Waals surface area contributed by atoms with Crippen LogP contribution in [0.25, 0.3) is 0 Å². The molecule has 0 saturated carbocycles.